The van der Waals surface area contributed by atoms with Crippen molar-refractivity contribution >= 4 is 46.7 Å². The summed E-state index contributed by atoms with van der Waals surface area (Å²) in [5.41, 5.74) is 1.90. The van der Waals surface area contributed by atoms with Gasteiger partial charge in [-0.15, -0.1) is 0 Å². The Hall–Kier alpha value is -2.37. The lowest BCUT2D eigenvalue weighted by Gasteiger charge is -2.24. The number of hydrogen-bond donors (Lipinski definition) is 1. The molecule has 2 aromatic rings. The SMILES string of the molecule is COC(=O)[C@@H]1NC(=S)N(c2ccc(Cl)cc2)[C@@H]1/C=C/c1ccccc1. The molecule has 25 heavy (non-hydrogen) atoms. The molecule has 1 saturated heterocycles. The van der Waals surface area contributed by atoms with E-state index in [1.807, 2.05) is 59.5 Å². The molecule has 0 unspecified atom stereocenters. The fourth-order valence-electron chi connectivity index (χ4n) is 2.76. The fraction of sp³-hybridized carbons (Fsp3) is 0.158. The summed E-state index contributed by atoms with van der Waals surface area (Å²) < 4.78 is 4.93. The van der Waals surface area contributed by atoms with Crippen LogP contribution in [-0.4, -0.2) is 30.3 Å². The molecule has 0 saturated carbocycles. The second kappa shape index (κ2) is 7.68. The summed E-state index contributed by atoms with van der Waals surface area (Å²) in [6, 6.07) is 16.3. The zero-order chi connectivity index (χ0) is 17.8. The van der Waals surface area contributed by atoms with Crippen molar-refractivity contribution in [3.63, 3.8) is 0 Å². The summed E-state index contributed by atoms with van der Waals surface area (Å²) in [7, 11) is 1.37. The van der Waals surface area contributed by atoms with Gasteiger partial charge in [-0.2, -0.15) is 0 Å². The molecule has 0 spiro atoms. The van der Waals surface area contributed by atoms with Crippen LogP contribution < -0.4 is 10.2 Å². The molecule has 0 bridgehead atoms. The van der Waals surface area contributed by atoms with Crippen LogP contribution in [0.1, 0.15) is 5.56 Å². The second-order valence-electron chi connectivity index (χ2n) is 5.56. The quantitative estimate of drug-likeness (QED) is 0.655. The maximum absolute atomic E-state index is 12.2. The molecule has 3 rings (SSSR count). The predicted molar refractivity (Wildman–Crippen MR) is 105 cm³/mol. The topological polar surface area (TPSA) is 41.6 Å². The molecule has 2 aromatic carbocycles. The van der Waals surface area contributed by atoms with Crippen LogP contribution in [0.2, 0.25) is 5.02 Å². The van der Waals surface area contributed by atoms with Crippen molar-refractivity contribution in [3.8, 4) is 0 Å². The number of hydrogen-bond acceptors (Lipinski definition) is 3. The maximum atomic E-state index is 12.2. The van der Waals surface area contributed by atoms with Crippen molar-refractivity contribution in [2.24, 2.45) is 0 Å². The highest BCUT2D eigenvalue weighted by atomic mass is 35.5. The zero-order valence-electron chi connectivity index (χ0n) is 13.6. The lowest BCUT2D eigenvalue weighted by atomic mass is 10.1. The molecule has 0 amide bonds. The van der Waals surface area contributed by atoms with Crippen molar-refractivity contribution in [3.05, 3.63) is 71.3 Å². The number of nitrogens with zero attached hydrogens (tertiary/aromatic N) is 1. The molecule has 0 aliphatic carbocycles. The Labute approximate surface area is 157 Å². The van der Waals surface area contributed by atoms with Crippen LogP contribution in [0.3, 0.4) is 0 Å². The summed E-state index contributed by atoms with van der Waals surface area (Å²) in [6.07, 6.45) is 3.93. The number of methoxy groups -OCH3 is 1. The van der Waals surface area contributed by atoms with E-state index in [0.717, 1.165) is 11.3 Å². The average Bonchev–Trinajstić information content (AvgIpc) is 2.97. The van der Waals surface area contributed by atoms with Crippen LogP contribution in [0.15, 0.2) is 60.7 Å². The predicted octanol–water partition coefficient (Wildman–Crippen LogP) is 3.66. The van der Waals surface area contributed by atoms with Crippen LogP contribution in [0.4, 0.5) is 5.69 Å². The number of rotatable bonds is 4. The average molecular weight is 373 g/mol. The lowest BCUT2D eigenvalue weighted by molar-refractivity contribution is -0.142. The molecule has 1 fully saturated rings. The van der Waals surface area contributed by atoms with E-state index in [9.17, 15) is 4.79 Å². The second-order valence-corrected chi connectivity index (χ2v) is 6.38. The number of esters is 1. The van der Waals surface area contributed by atoms with Gasteiger partial charge in [0.05, 0.1) is 13.2 Å². The first-order valence-electron chi connectivity index (χ1n) is 7.76. The number of halogens is 1. The van der Waals surface area contributed by atoms with Crippen LogP contribution in [-0.2, 0) is 9.53 Å². The third-order valence-corrected chi connectivity index (χ3v) is 4.55. The summed E-state index contributed by atoms with van der Waals surface area (Å²) >= 11 is 11.4. The molecule has 128 valence electrons. The van der Waals surface area contributed by atoms with E-state index in [1.165, 1.54) is 7.11 Å². The first kappa shape index (κ1) is 17.5. The monoisotopic (exact) mass is 372 g/mol. The molecule has 1 heterocycles. The number of anilines is 1. The van der Waals surface area contributed by atoms with E-state index in [4.69, 9.17) is 28.6 Å². The van der Waals surface area contributed by atoms with Gasteiger partial charge in [0.2, 0.25) is 0 Å². The Morgan fingerprint density at radius 2 is 1.88 bits per heavy atom. The van der Waals surface area contributed by atoms with E-state index in [0.29, 0.717) is 10.1 Å². The minimum absolute atomic E-state index is 0.304. The van der Waals surface area contributed by atoms with Crippen LogP contribution in [0, 0.1) is 0 Å². The van der Waals surface area contributed by atoms with Gasteiger partial charge in [-0.05, 0) is 42.0 Å². The number of carbonyl (C=O) groups is 1. The van der Waals surface area contributed by atoms with E-state index < -0.39 is 6.04 Å². The van der Waals surface area contributed by atoms with E-state index in [-0.39, 0.29) is 12.0 Å². The lowest BCUT2D eigenvalue weighted by Crippen LogP contribution is -2.41. The molecule has 1 aliphatic rings. The van der Waals surface area contributed by atoms with Gasteiger partial charge in [0.1, 0.15) is 0 Å². The summed E-state index contributed by atoms with van der Waals surface area (Å²) in [4.78, 5) is 14.1. The Kier molecular flexibility index (Phi) is 5.36. The van der Waals surface area contributed by atoms with Crippen molar-refractivity contribution in [2.75, 3.05) is 12.0 Å². The number of nitrogens with one attached hydrogen (secondary N) is 1. The number of thiocarbonyl (C=S) groups is 1. The third kappa shape index (κ3) is 3.83. The van der Waals surface area contributed by atoms with Crippen LogP contribution >= 0.6 is 23.8 Å². The van der Waals surface area contributed by atoms with Gasteiger partial charge in [0.25, 0.3) is 0 Å². The maximum Gasteiger partial charge on any atom is 0.330 e. The minimum atomic E-state index is -0.576. The molecule has 1 N–H and O–H groups in total. The summed E-state index contributed by atoms with van der Waals surface area (Å²) in [5.74, 6) is -0.360. The molecule has 4 nitrogen and oxygen atoms in total. The van der Waals surface area contributed by atoms with Crippen molar-refractivity contribution in [1.82, 2.24) is 5.32 Å². The molecule has 0 aromatic heterocycles. The highest BCUT2D eigenvalue weighted by Crippen LogP contribution is 2.27. The van der Waals surface area contributed by atoms with Gasteiger partial charge in [0, 0.05) is 10.7 Å². The Morgan fingerprint density at radius 3 is 2.52 bits per heavy atom. The number of carbonyl (C=O) groups excluding carboxylic acids is 1. The van der Waals surface area contributed by atoms with Crippen molar-refractivity contribution < 1.29 is 9.53 Å². The summed E-state index contributed by atoms with van der Waals surface area (Å²) in [6.45, 7) is 0. The highest BCUT2D eigenvalue weighted by Gasteiger charge is 2.41. The Morgan fingerprint density at radius 1 is 1.20 bits per heavy atom. The zero-order valence-corrected chi connectivity index (χ0v) is 15.1. The highest BCUT2D eigenvalue weighted by molar-refractivity contribution is 7.80. The molecule has 1 aliphatic heterocycles. The molecule has 0 radical (unpaired) electrons. The van der Waals surface area contributed by atoms with E-state index >= 15 is 0 Å². The molecule has 6 heteroatoms. The Balaban J connectivity index is 1.96. The normalized spacial score (nSPS) is 19.9. The van der Waals surface area contributed by atoms with Gasteiger partial charge in [0.15, 0.2) is 11.2 Å². The van der Waals surface area contributed by atoms with Crippen LogP contribution in [0.5, 0.6) is 0 Å². The first-order valence-corrected chi connectivity index (χ1v) is 8.55. The van der Waals surface area contributed by atoms with E-state index in [1.54, 1.807) is 12.1 Å². The molecular formula is C19H17ClN2O2S. The van der Waals surface area contributed by atoms with Gasteiger partial charge in [-0.1, -0.05) is 54.1 Å². The number of benzene rings is 2. The van der Waals surface area contributed by atoms with Crippen molar-refractivity contribution in [2.45, 2.75) is 12.1 Å². The Bertz CT molecular complexity index is 793. The van der Waals surface area contributed by atoms with Gasteiger partial charge >= 0.3 is 5.97 Å². The largest absolute Gasteiger partial charge is 0.467 e. The first-order chi connectivity index (χ1) is 12.1. The van der Waals surface area contributed by atoms with Crippen LogP contribution in [0.25, 0.3) is 6.08 Å². The van der Waals surface area contributed by atoms with Crippen molar-refractivity contribution in [1.29, 1.82) is 0 Å². The summed E-state index contributed by atoms with van der Waals surface area (Å²) in [5, 5.41) is 4.17. The molecular weight excluding hydrogens is 356 g/mol. The van der Waals surface area contributed by atoms with Gasteiger partial charge in [-0.3, -0.25) is 0 Å². The standard InChI is InChI=1S/C19H17ClN2O2S/c1-24-18(23)17-16(12-7-13-5-3-2-4-6-13)22(19(25)21-17)15-10-8-14(20)9-11-15/h2-12,16-17H,1H3,(H,21,25)/b12-7+/t16-,17-/m1/s1. The van der Waals surface area contributed by atoms with Gasteiger partial charge in [-0.25, -0.2) is 4.79 Å². The number of ether oxygens (including phenoxy) is 1. The molecule has 2 atom stereocenters. The van der Waals surface area contributed by atoms with Gasteiger partial charge < -0.3 is 15.0 Å². The minimum Gasteiger partial charge on any atom is -0.467 e. The smallest absolute Gasteiger partial charge is 0.330 e. The van der Waals surface area contributed by atoms with E-state index in [2.05, 4.69) is 5.32 Å². The third-order valence-electron chi connectivity index (χ3n) is 3.98. The fourth-order valence-corrected chi connectivity index (χ4v) is 3.24.